The van der Waals surface area contributed by atoms with Gasteiger partial charge in [-0.3, -0.25) is 14.7 Å². The van der Waals surface area contributed by atoms with Crippen LogP contribution in [0.1, 0.15) is 18.0 Å². The van der Waals surface area contributed by atoms with Gasteiger partial charge in [0.25, 0.3) is 5.91 Å². The quantitative estimate of drug-likeness (QED) is 0.655. The van der Waals surface area contributed by atoms with E-state index in [1.54, 1.807) is 11.1 Å². The van der Waals surface area contributed by atoms with Crippen molar-refractivity contribution < 1.29 is 14.6 Å². The third kappa shape index (κ3) is 4.78. The highest BCUT2D eigenvalue weighted by Gasteiger charge is 2.28. The van der Waals surface area contributed by atoms with Crippen LogP contribution in [-0.4, -0.2) is 65.2 Å². The Hall–Kier alpha value is -2.96. The van der Waals surface area contributed by atoms with Crippen LogP contribution in [0.2, 0.25) is 0 Å². The van der Waals surface area contributed by atoms with E-state index in [1.165, 1.54) is 0 Å². The molecule has 6 nitrogen and oxygen atoms in total. The molecular formula is C24H27N3O3. The summed E-state index contributed by atoms with van der Waals surface area (Å²) in [5.41, 5.74) is 1.97. The van der Waals surface area contributed by atoms with Crippen LogP contribution in [0.4, 0.5) is 0 Å². The molecule has 0 saturated carbocycles. The number of pyridine rings is 1. The van der Waals surface area contributed by atoms with Gasteiger partial charge < -0.3 is 14.7 Å². The van der Waals surface area contributed by atoms with E-state index in [0.717, 1.165) is 29.4 Å². The third-order valence-corrected chi connectivity index (χ3v) is 5.66. The Morgan fingerprint density at radius 1 is 1.23 bits per heavy atom. The maximum absolute atomic E-state index is 13.0. The summed E-state index contributed by atoms with van der Waals surface area (Å²) in [5.74, 6) is 0.561. The second kappa shape index (κ2) is 9.24. The molecule has 1 amide bonds. The van der Waals surface area contributed by atoms with Crippen molar-refractivity contribution in [1.82, 2.24) is 14.8 Å². The predicted octanol–water partition coefficient (Wildman–Crippen LogP) is 2.88. The fourth-order valence-corrected chi connectivity index (χ4v) is 3.91. The van der Waals surface area contributed by atoms with Crippen molar-refractivity contribution in [2.75, 3.05) is 33.3 Å². The average molecular weight is 405 g/mol. The lowest BCUT2D eigenvalue weighted by Gasteiger charge is -2.32. The first-order valence-electron chi connectivity index (χ1n) is 10.3. The minimum atomic E-state index is -0.284. The van der Waals surface area contributed by atoms with Crippen molar-refractivity contribution in [3.05, 3.63) is 72.4 Å². The molecule has 1 aromatic heterocycles. The Morgan fingerprint density at radius 2 is 2.07 bits per heavy atom. The number of aliphatic hydroxyl groups excluding tert-OH is 1. The number of fused-ring (bicyclic) bond motifs is 1. The van der Waals surface area contributed by atoms with Crippen LogP contribution in [0.15, 0.2) is 66.9 Å². The van der Waals surface area contributed by atoms with Crippen LogP contribution in [0.3, 0.4) is 0 Å². The number of amides is 1. The van der Waals surface area contributed by atoms with E-state index in [4.69, 9.17) is 4.74 Å². The van der Waals surface area contributed by atoms with Gasteiger partial charge in [-0.25, -0.2) is 0 Å². The number of carbonyl (C=O) groups is 1. The van der Waals surface area contributed by atoms with E-state index in [1.807, 2.05) is 67.7 Å². The van der Waals surface area contributed by atoms with Gasteiger partial charge in [-0.1, -0.05) is 36.4 Å². The lowest BCUT2D eigenvalue weighted by molar-refractivity contribution is -0.134. The molecule has 2 unspecified atom stereocenters. The van der Waals surface area contributed by atoms with Crippen LogP contribution in [-0.2, 0) is 4.79 Å². The van der Waals surface area contributed by atoms with Gasteiger partial charge in [0.15, 0.2) is 6.61 Å². The number of hydrogen-bond donors (Lipinski definition) is 1. The fourth-order valence-electron chi connectivity index (χ4n) is 3.91. The highest BCUT2D eigenvalue weighted by molar-refractivity contribution is 5.80. The summed E-state index contributed by atoms with van der Waals surface area (Å²) >= 11 is 0. The van der Waals surface area contributed by atoms with E-state index in [-0.39, 0.29) is 24.7 Å². The summed E-state index contributed by atoms with van der Waals surface area (Å²) in [7, 11) is 1.82. The Labute approximate surface area is 176 Å². The number of rotatable bonds is 7. The number of benzene rings is 2. The number of likely N-dealkylation sites (tertiary alicyclic amines) is 1. The molecule has 3 aromatic rings. The van der Waals surface area contributed by atoms with Crippen LogP contribution in [0, 0.1) is 0 Å². The van der Waals surface area contributed by atoms with Gasteiger partial charge in [-0.05, 0) is 36.2 Å². The second-order valence-electron chi connectivity index (χ2n) is 7.78. The fraction of sp³-hybridized carbons (Fsp3) is 0.333. The number of β-amino-alcohol motifs (C(OH)–C–C–N with tert-alkyl or cyclic N) is 1. The monoisotopic (exact) mass is 405 g/mol. The summed E-state index contributed by atoms with van der Waals surface area (Å²) in [6, 6.07) is 19.4. The van der Waals surface area contributed by atoms with Gasteiger partial charge >= 0.3 is 0 Å². The van der Waals surface area contributed by atoms with Gasteiger partial charge in [-0.2, -0.15) is 0 Å². The maximum Gasteiger partial charge on any atom is 0.260 e. The average Bonchev–Trinajstić information content (AvgIpc) is 3.20. The first-order chi connectivity index (χ1) is 14.6. The SMILES string of the molecule is CN(C(=O)COc1ccc2ncccc2c1)C(CN1CCC(O)C1)c1ccccc1. The van der Waals surface area contributed by atoms with Gasteiger partial charge in [0.2, 0.25) is 0 Å². The highest BCUT2D eigenvalue weighted by atomic mass is 16.5. The summed E-state index contributed by atoms with van der Waals surface area (Å²) in [4.78, 5) is 21.2. The molecule has 0 radical (unpaired) electrons. The minimum Gasteiger partial charge on any atom is -0.484 e. The first-order valence-corrected chi connectivity index (χ1v) is 10.3. The van der Waals surface area contributed by atoms with Crippen molar-refractivity contribution >= 4 is 16.8 Å². The van der Waals surface area contributed by atoms with E-state index < -0.39 is 0 Å². The van der Waals surface area contributed by atoms with Gasteiger partial charge in [0.1, 0.15) is 5.75 Å². The summed E-state index contributed by atoms with van der Waals surface area (Å²) in [6.45, 7) is 2.14. The minimum absolute atomic E-state index is 0.0335. The van der Waals surface area contributed by atoms with Crippen LogP contribution >= 0.6 is 0 Å². The predicted molar refractivity (Wildman–Crippen MR) is 116 cm³/mol. The standard InChI is InChI=1S/C24H27N3O3/c1-26(23(18-6-3-2-4-7-18)16-27-13-11-20(28)15-27)24(29)17-30-21-9-10-22-19(14-21)8-5-12-25-22/h2-10,12,14,20,23,28H,11,13,15-17H2,1H3. The molecule has 0 aliphatic carbocycles. The molecule has 4 rings (SSSR count). The molecule has 1 fully saturated rings. The third-order valence-electron chi connectivity index (χ3n) is 5.66. The van der Waals surface area contributed by atoms with Crippen molar-refractivity contribution in [1.29, 1.82) is 0 Å². The van der Waals surface area contributed by atoms with Crippen molar-refractivity contribution in [2.45, 2.75) is 18.6 Å². The number of ether oxygens (including phenoxy) is 1. The molecule has 0 spiro atoms. The Balaban J connectivity index is 1.44. The van der Waals surface area contributed by atoms with E-state index in [2.05, 4.69) is 9.88 Å². The molecule has 1 aliphatic rings. The lowest BCUT2D eigenvalue weighted by Crippen LogP contribution is -2.40. The van der Waals surface area contributed by atoms with E-state index in [0.29, 0.717) is 18.8 Å². The Kier molecular flexibility index (Phi) is 6.26. The van der Waals surface area contributed by atoms with Crippen LogP contribution in [0.5, 0.6) is 5.75 Å². The molecule has 0 bridgehead atoms. The molecular weight excluding hydrogens is 378 g/mol. The highest BCUT2D eigenvalue weighted by Crippen LogP contribution is 2.24. The number of aromatic nitrogens is 1. The number of carbonyl (C=O) groups excluding carboxylic acids is 1. The van der Waals surface area contributed by atoms with Gasteiger partial charge in [0.05, 0.1) is 17.7 Å². The van der Waals surface area contributed by atoms with Gasteiger partial charge in [-0.15, -0.1) is 0 Å². The van der Waals surface area contributed by atoms with Crippen LogP contribution < -0.4 is 4.74 Å². The first kappa shape index (κ1) is 20.3. The zero-order valence-electron chi connectivity index (χ0n) is 17.1. The molecule has 156 valence electrons. The van der Waals surface area contributed by atoms with Gasteiger partial charge in [0, 0.05) is 38.3 Å². The molecule has 30 heavy (non-hydrogen) atoms. The molecule has 1 N–H and O–H groups in total. The number of nitrogens with zero attached hydrogens (tertiary/aromatic N) is 3. The Morgan fingerprint density at radius 3 is 2.83 bits per heavy atom. The Bertz CT molecular complexity index is 995. The number of likely N-dealkylation sites (N-methyl/N-ethyl adjacent to an activating group) is 1. The zero-order valence-corrected chi connectivity index (χ0v) is 17.1. The smallest absolute Gasteiger partial charge is 0.260 e. The van der Waals surface area contributed by atoms with E-state index >= 15 is 0 Å². The van der Waals surface area contributed by atoms with Crippen molar-refractivity contribution in [3.8, 4) is 5.75 Å². The largest absolute Gasteiger partial charge is 0.484 e. The molecule has 1 saturated heterocycles. The topological polar surface area (TPSA) is 65.9 Å². The number of aliphatic hydroxyl groups is 1. The summed E-state index contributed by atoms with van der Waals surface area (Å²) in [5, 5.41) is 10.8. The molecule has 2 heterocycles. The lowest BCUT2D eigenvalue weighted by atomic mass is 10.0. The molecule has 2 aromatic carbocycles. The molecule has 6 heteroatoms. The number of hydrogen-bond acceptors (Lipinski definition) is 5. The normalized spacial score (nSPS) is 17.7. The molecule has 2 atom stereocenters. The van der Waals surface area contributed by atoms with E-state index in [9.17, 15) is 9.90 Å². The van der Waals surface area contributed by atoms with Crippen molar-refractivity contribution in [3.63, 3.8) is 0 Å². The maximum atomic E-state index is 13.0. The molecule has 1 aliphatic heterocycles. The summed E-state index contributed by atoms with van der Waals surface area (Å²) < 4.78 is 5.80. The second-order valence-corrected chi connectivity index (χ2v) is 7.78. The van der Waals surface area contributed by atoms with Crippen LogP contribution in [0.25, 0.3) is 10.9 Å². The zero-order chi connectivity index (χ0) is 20.9. The summed E-state index contributed by atoms with van der Waals surface area (Å²) in [6.07, 6.45) is 2.25. The van der Waals surface area contributed by atoms with Crippen molar-refractivity contribution in [2.24, 2.45) is 0 Å².